The highest BCUT2D eigenvalue weighted by Crippen LogP contribution is 2.08. The van der Waals surface area contributed by atoms with Gasteiger partial charge in [-0.2, -0.15) is 5.10 Å². The van der Waals surface area contributed by atoms with Crippen LogP contribution in [0.4, 0.5) is 0 Å². The minimum atomic E-state index is 0. The lowest BCUT2D eigenvalue weighted by molar-refractivity contribution is 0.564. The maximum atomic E-state index is 4.27. The quantitative estimate of drug-likeness (QED) is 0.267. The third-order valence-corrected chi connectivity index (χ3v) is 3.19. The molecule has 1 aliphatic rings. The summed E-state index contributed by atoms with van der Waals surface area (Å²) in [4.78, 5) is 4.24. The molecule has 2 rings (SSSR count). The summed E-state index contributed by atoms with van der Waals surface area (Å²) < 4.78 is 1.98. The molecular formula is C14H24IN5. The fraction of sp³-hybridized carbons (Fsp3) is 0.571. The summed E-state index contributed by atoms with van der Waals surface area (Å²) in [5.74, 6) is 0.894. The van der Waals surface area contributed by atoms with E-state index in [1.54, 1.807) is 0 Å². The van der Waals surface area contributed by atoms with Gasteiger partial charge in [-0.15, -0.1) is 24.0 Å². The zero-order valence-electron chi connectivity index (χ0n) is 12.2. The largest absolute Gasteiger partial charge is 0.356 e. The lowest BCUT2D eigenvalue weighted by Crippen LogP contribution is -2.42. The Hall–Kier alpha value is -1.05. The molecule has 0 aromatic carbocycles. The Balaban J connectivity index is 0.00000200. The molecule has 20 heavy (non-hydrogen) atoms. The van der Waals surface area contributed by atoms with Crippen LogP contribution >= 0.6 is 24.0 Å². The number of nitrogens with one attached hydrogen (secondary N) is 2. The summed E-state index contributed by atoms with van der Waals surface area (Å²) in [6, 6.07) is 0.500. The van der Waals surface area contributed by atoms with Gasteiger partial charge in [0.05, 0.1) is 6.20 Å². The fourth-order valence-electron chi connectivity index (χ4n) is 2.16. The first-order valence-electron chi connectivity index (χ1n) is 6.89. The normalized spacial score (nSPS) is 15.2. The van der Waals surface area contributed by atoms with Crippen LogP contribution in [0.1, 0.15) is 24.8 Å². The molecule has 0 bridgehead atoms. The molecule has 1 aromatic rings. The molecule has 0 unspecified atom stereocenters. The van der Waals surface area contributed by atoms with E-state index in [-0.39, 0.29) is 24.0 Å². The Morgan fingerprint density at radius 3 is 2.80 bits per heavy atom. The van der Waals surface area contributed by atoms with Gasteiger partial charge in [0.1, 0.15) is 0 Å². The average molecular weight is 389 g/mol. The molecule has 0 atom stereocenters. The Kier molecular flexibility index (Phi) is 7.64. The second-order valence-electron chi connectivity index (χ2n) is 4.92. The minimum Gasteiger partial charge on any atom is -0.356 e. The van der Waals surface area contributed by atoms with Crippen LogP contribution in [0.2, 0.25) is 0 Å². The van der Waals surface area contributed by atoms with Crippen molar-refractivity contribution in [2.75, 3.05) is 13.6 Å². The predicted octanol–water partition coefficient (Wildman–Crippen LogP) is 2.08. The molecule has 0 saturated heterocycles. The van der Waals surface area contributed by atoms with Gasteiger partial charge in [0.15, 0.2) is 5.96 Å². The van der Waals surface area contributed by atoms with Crippen LogP contribution in [0.15, 0.2) is 29.5 Å². The highest BCUT2D eigenvalue weighted by molar-refractivity contribution is 14.0. The SMILES string of the molecule is CN=C(NCCCn1cc(C)cn1)NC1CC=CC1.I. The number of halogens is 1. The topological polar surface area (TPSA) is 54.2 Å². The third kappa shape index (κ3) is 5.52. The van der Waals surface area contributed by atoms with Crippen molar-refractivity contribution in [3.05, 3.63) is 30.1 Å². The molecular weight excluding hydrogens is 365 g/mol. The number of hydrogen-bond donors (Lipinski definition) is 2. The van der Waals surface area contributed by atoms with Crippen molar-refractivity contribution in [2.45, 2.75) is 38.8 Å². The van der Waals surface area contributed by atoms with Crippen molar-refractivity contribution in [1.82, 2.24) is 20.4 Å². The van der Waals surface area contributed by atoms with Crippen LogP contribution in [0, 0.1) is 6.92 Å². The Morgan fingerprint density at radius 2 is 2.20 bits per heavy atom. The van der Waals surface area contributed by atoms with Gasteiger partial charge >= 0.3 is 0 Å². The van der Waals surface area contributed by atoms with Crippen molar-refractivity contribution in [2.24, 2.45) is 4.99 Å². The van der Waals surface area contributed by atoms with Crippen molar-refractivity contribution in [3.8, 4) is 0 Å². The Labute approximate surface area is 137 Å². The molecule has 1 aliphatic carbocycles. The fourth-order valence-corrected chi connectivity index (χ4v) is 2.16. The summed E-state index contributed by atoms with van der Waals surface area (Å²) in [5.41, 5.74) is 1.21. The van der Waals surface area contributed by atoms with Crippen molar-refractivity contribution < 1.29 is 0 Å². The van der Waals surface area contributed by atoms with Gasteiger partial charge in [-0.1, -0.05) is 12.2 Å². The van der Waals surface area contributed by atoms with Crippen molar-refractivity contribution in [1.29, 1.82) is 0 Å². The highest BCUT2D eigenvalue weighted by atomic mass is 127. The van der Waals surface area contributed by atoms with Gasteiger partial charge < -0.3 is 10.6 Å². The number of aromatic nitrogens is 2. The molecule has 2 N–H and O–H groups in total. The zero-order valence-corrected chi connectivity index (χ0v) is 14.5. The van der Waals surface area contributed by atoms with Crippen LogP contribution in [-0.4, -0.2) is 35.4 Å². The number of aliphatic imine (C=N–C) groups is 1. The minimum absolute atomic E-state index is 0. The van der Waals surface area contributed by atoms with E-state index < -0.39 is 0 Å². The third-order valence-electron chi connectivity index (χ3n) is 3.19. The molecule has 1 heterocycles. The van der Waals surface area contributed by atoms with Crippen LogP contribution in [0.3, 0.4) is 0 Å². The first kappa shape index (κ1) is 17.0. The van der Waals surface area contributed by atoms with E-state index in [4.69, 9.17) is 0 Å². The van der Waals surface area contributed by atoms with Gasteiger partial charge in [0, 0.05) is 32.4 Å². The van der Waals surface area contributed by atoms with E-state index in [1.165, 1.54) is 5.56 Å². The summed E-state index contributed by atoms with van der Waals surface area (Å²) in [6.07, 6.45) is 11.6. The van der Waals surface area contributed by atoms with Crippen LogP contribution in [-0.2, 0) is 6.54 Å². The summed E-state index contributed by atoms with van der Waals surface area (Å²) in [7, 11) is 1.81. The predicted molar refractivity (Wildman–Crippen MR) is 93.7 cm³/mol. The van der Waals surface area contributed by atoms with Crippen LogP contribution < -0.4 is 10.6 Å². The molecule has 5 nitrogen and oxygen atoms in total. The molecule has 1 aromatic heterocycles. The monoisotopic (exact) mass is 389 g/mol. The van der Waals surface area contributed by atoms with E-state index in [9.17, 15) is 0 Å². The van der Waals surface area contributed by atoms with E-state index in [1.807, 2.05) is 17.9 Å². The Morgan fingerprint density at radius 1 is 1.45 bits per heavy atom. The standard InChI is InChI=1S/C14H23N5.HI/c1-12-10-17-19(11-12)9-5-8-16-14(15-2)18-13-6-3-4-7-13;/h3-4,10-11,13H,5-9H2,1-2H3,(H2,15,16,18);1H. The van der Waals surface area contributed by atoms with E-state index >= 15 is 0 Å². The number of aryl methyl sites for hydroxylation is 2. The molecule has 112 valence electrons. The molecule has 0 aliphatic heterocycles. The molecule has 0 radical (unpaired) electrons. The van der Waals surface area contributed by atoms with Gasteiger partial charge in [0.2, 0.25) is 0 Å². The maximum Gasteiger partial charge on any atom is 0.191 e. The maximum absolute atomic E-state index is 4.27. The molecule has 0 amide bonds. The van der Waals surface area contributed by atoms with Crippen molar-refractivity contribution in [3.63, 3.8) is 0 Å². The second kappa shape index (κ2) is 8.99. The highest BCUT2D eigenvalue weighted by Gasteiger charge is 2.10. The number of nitrogens with zero attached hydrogens (tertiary/aromatic N) is 3. The van der Waals surface area contributed by atoms with E-state index in [0.717, 1.165) is 38.3 Å². The number of hydrogen-bond acceptors (Lipinski definition) is 2. The van der Waals surface area contributed by atoms with Crippen molar-refractivity contribution >= 4 is 29.9 Å². The average Bonchev–Trinajstić information content (AvgIpc) is 3.05. The summed E-state index contributed by atoms with van der Waals surface area (Å²) >= 11 is 0. The molecule has 0 spiro atoms. The lowest BCUT2D eigenvalue weighted by Gasteiger charge is -2.16. The van der Waals surface area contributed by atoms with Gasteiger partial charge in [-0.05, 0) is 31.7 Å². The zero-order chi connectivity index (χ0) is 13.5. The molecule has 0 saturated carbocycles. The van der Waals surface area contributed by atoms with Crippen LogP contribution in [0.25, 0.3) is 0 Å². The van der Waals surface area contributed by atoms with Gasteiger partial charge in [0.25, 0.3) is 0 Å². The smallest absolute Gasteiger partial charge is 0.191 e. The first-order valence-corrected chi connectivity index (χ1v) is 6.89. The molecule has 6 heteroatoms. The first-order chi connectivity index (χ1) is 9.28. The van der Waals surface area contributed by atoms with Crippen LogP contribution in [0.5, 0.6) is 0 Å². The van der Waals surface area contributed by atoms with E-state index in [2.05, 4.69) is 46.0 Å². The number of guanidine groups is 1. The summed E-state index contributed by atoms with van der Waals surface area (Å²) in [5, 5.41) is 11.0. The van der Waals surface area contributed by atoms with Gasteiger partial charge in [-0.3, -0.25) is 9.67 Å². The lowest BCUT2D eigenvalue weighted by atomic mass is 10.2. The Bertz CT molecular complexity index is 444. The summed E-state index contributed by atoms with van der Waals surface area (Å²) in [6.45, 7) is 3.89. The van der Waals surface area contributed by atoms with Gasteiger partial charge in [-0.25, -0.2) is 0 Å². The second-order valence-corrected chi connectivity index (χ2v) is 4.92. The van der Waals surface area contributed by atoms with E-state index in [0.29, 0.717) is 6.04 Å². The number of rotatable bonds is 5. The molecule has 0 fully saturated rings.